The van der Waals surface area contributed by atoms with Gasteiger partial charge in [-0.25, -0.2) is 0 Å². The Morgan fingerprint density at radius 3 is 1.57 bits per heavy atom. The average molecular weight is 804 g/mol. The molecule has 11 aromatic carbocycles. The summed E-state index contributed by atoms with van der Waals surface area (Å²) in [5.74, 6) is 0. The van der Waals surface area contributed by atoms with E-state index < -0.39 is 0 Å². The highest BCUT2D eigenvalue weighted by Crippen LogP contribution is 2.45. The molecular formula is C60H37NO2. The lowest BCUT2D eigenvalue weighted by Gasteiger charge is -2.28. The van der Waals surface area contributed by atoms with E-state index in [-0.39, 0.29) is 0 Å². The zero-order valence-corrected chi connectivity index (χ0v) is 34.1. The Kier molecular flexibility index (Phi) is 7.91. The summed E-state index contributed by atoms with van der Waals surface area (Å²) in [6.07, 6.45) is 0. The van der Waals surface area contributed by atoms with Gasteiger partial charge in [0, 0.05) is 43.9 Å². The van der Waals surface area contributed by atoms with Gasteiger partial charge >= 0.3 is 0 Å². The van der Waals surface area contributed by atoms with Gasteiger partial charge in [-0.3, -0.25) is 0 Å². The minimum absolute atomic E-state index is 0.890. The molecule has 0 atom stereocenters. The summed E-state index contributed by atoms with van der Waals surface area (Å²) in [5, 5.41) is 11.8. The Morgan fingerprint density at radius 1 is 0.286 bits per heavy atom. The van der Waals surface area contributed by atoms with Crippen molar-refractivity contribution in [2.24, 2.45) is 0 Å². The van der Waals surface area contributed by atoms with Crippen LogP contribution >= 0.6 is 0 Å². The maximum absolute atomic E-state index is 6.47. The van der Waals surface area contributed by atoms with Gasteiger partial charge in [0.1, 0.15) is 22.3 Å². The number of para-hydroxylation sites is 3. The van der Waals surface area contributed by atoms with Gasteiger partial charge in [0.2, 0.25) is 0 Å². The van der Waals surface area contributed by atoms with Crippen LogP contribution in [0.15, 0.2) is 233 Å². The molecule has 13 aromatic rings. The molecule has 2 aromatic heterocycles. The van der Waals surface area contributed by atoms with Crippen molar-refractivity contribution in [3.05, 3.63) is 224 Å². The molecule has 63 heavy (non-hydrogen) atoms. The van der Waals surface area contributed by atoms with Crippen molar-refractivity contribution in [1.29, 1.82) is 0 Å². The Bertz CT molecular complexity index is 3910. The van der Waals surface area contributed by atoms with Gasteiger partial charge in [0.25, 0.3) is 0 Å². The second-order valence-electron chi connectivity index (χ2n) is 16.4. The minimum atomic E-state index is 0.890. The Labute approximate surface area is 363 Å². The summed E-state index contributed by atoms with van der Waals surface area (Å²) in [6.45, 7) is 0. The van der Waals surface area contributed by atoms with Crippen LogP contribution in [0.4, 0.5) is 17.1 Å². The molecular weight excluding hydrogens is 767 g/mol. The van der Waals surface area contributed by atoms with Gasteiger partial charge in [-0.05, 0) is 109 Å². The molecule has 0 radical (unpaired) electrons. The first-order valence-electron chi connectivity index (χ1n) is 21.5. The van der Waals surface area contributed by atoms with Crippen molar-refractivity contribution >= 4 is 93.3 Å². The van der Waals surface area contributed by atoms with Gasteiger partial charge in [0.05, 0.1) is 5.69 Å². The fourth-order valence-corrected chi connectivity index (χ4v) is 9.91. The lowest BCUT2D eigenvalue weighted by molar-refractivity contribution is 0.669. The van der Waals surface area contributed by atoms with E-state index in [1.54, 1.807) is 0 Å². The third-order valence-corrected chi connectivity index (χ3v) is 12.9. The van der Waals surface area contributed by atoms with Crippen molar-refractivity contribution in [1.82, 2.24) is 0 Å². The van der Waals surface area contributed by atoms with Crippen molar-refractivity contribution in [2.75, 3.05) is 4.90 Å². The molecule has 294 valence electrons. The predicted molar refractivity (Wildman–Crippen MR) is 265 cm³/mol. The molecule has 2 heterocycles. The molecule has 0 unspecified atom stereocenters. The maximum Gasteiger partial charge on any atom is 0.143 e. The van der Waals surface area contributed by atoms with Gasteiger partial charge in [-0.2, -0.15) is 0 Å². The number of rotatable bonds is 6. The summed E-state index contributed by atoms with van der Waals surface area (Å²) in [7, 11) is 0. The molecule has 0 saturated heterocycles. The fraction of sp³-hybridized carbons (Fsp3) is 0. The molecule has 0 aliphatic rings. The van der Waals surface area contributed by atoms with E-state index in [0.717, 1.165) is 83.2 Å². The molecule has 0 aliphatic heterocycles. The largest absolute Gasteiger partial charge is 0.456 e. The summed E-state index contributed by atoms with van der Waals surface area (Å²) in [4.78, 5) is 2.40. The molecule has 0 saturated carbocycles. The van der Waals surface area contributed by atoms with Gasteiger partial charge in [0.15, 0.2) is 0 Å². The van der Waals surface area contributed by atoms with Crippen LogP contribution in [0.2, 0.25) is 0 Å². The molecule has 0 bridgehead atoms. The maximum atomic E-state index is 6.47. The fourth-order valence-electron chi connectivity index (χ4n) is 9.91. The number of nitrogens with zero attached hydrogens (tertiary/aromatic N) is 1. The molecule has 0 aliphatic carbocycles. The number of anilines is 3. The topological polar surface area (TPSA) is 29.5 Å². The second kappa shape index (κ2) is 14.1. The standard InChI is InChI=1S/C60H37NO2/c1-4-15-46-38(12-1)28-34-47(59(46)42-29-35-53-51-18-7-9-22-56(51)62-58(53)37-42)39-24-30-43(31-25-39)61(55-36-41-13-2-3-14-45(41)49-16-5-6-17-50(49)55)44-32-26-40(27-33-44)48-20-11-21-54-52-19-8-10-23-57(52)63-60(48)54/h1-37H. The summed E-state index contributed by atoms with van der Waals surface area (Å²) in [5.41, 5.74) is 13.7. The lowest BCUT2D eigenvalue weighted by Crippen LogP contribution is -2.10. The number of hydrogen-bond donors (Lipinski definition) is 0. The van der Waals surface area contributed by atoms with Crippen LogP contribution in [0.5, 0.6) is 0 Å². The van der Waals surface area contributed by atoms with Gasteiger partial charge in [-0.1, -0.05) is 170 Å². The third-order valence-electron chi connectivity index (χ3n) is 12.9. The smallest absolute Gasteiger partial charge is 0.143 e. The lowest BCUT2D eigenvalue weighted by atomic mass is 9.89. The average Bonchev–Trinajstić information content (AvgIpc) is 3.92. The van der Waals surface area contributed by atoms with Crippen molar-refractivity contribution < 1.29 is 8.83 Å². The Morgan fingerprint density at radius 2 is 0.825 bits per heavy atom. The molecule has 3 heteroatoms. The normalized spacial score (nSPS) is 11.8. The Hall–Kier alpha value is -8.40. The van der Waals surface area contributed by atoms with Gasteiger partial charge in [-0.15, -0.1) is 0 Å². The van der Waals surface area contributed by atoms with Crippen molar-refractivity contribution in [2.45, 2.75) is 0 Å². The SMILES string of the molecule is c1ccc2c(-c3ccc4c(c3)oc3ccccc34)c(-c3ccc(N(c4ccc(-c5cccc6c5oc5ccccc56)cc4)c4cc5ccccc5c5ccccc45)cc3)ccc2c1. The quantitative estimate of drug-likeness (QED) is 0.157. The zero-order chi connectivity index (χ0) is 41.4. The van der Waals surface area contributed by atoms with E-state index in [9.17, 15) is 0 Å². The number of fused-ring (bicyclic) bond motifs is 10. The van der Waals surface area contributed by atoms with E-state index in [2.05, 4.69) is 205 Å². The van der Waals surface area contributed by atoms with Crippen molar-refractivity contribution in [3.8, 4) is 33.4 Å². The summed E-state index contributed by atoms with van der Waals surface area (Å²) in [6, 6.07) is 80.6. The van der Waals surface area contributed by atoms with Crippen LogP contribution in [0, 0.1) is 0 Å². The van der Waals surface area contributed by atoms with Crippen LogP contribution in [0.3, 0.4) is 0 Å². The molecule has 0 fully saturated rings. The second-order valence-corrected chi connectivity index (χ2v) is 16.4. The van der Waals surface area contributed by atoms with Crippen LogP contribution in [0.1, 0.15) is 0 Å². The van der Waals surface area contributed by atoms with E-state index in [4.69, 9.17) is 8.83 Å². The number of hydrogen-bond acceptors (Lipinski definition) is 3. The first kappa shape index (κ1) is 35.4. The molecule has 0 amide bonds. The Balaban J connectivity index is 0.968. The molecule has 0 spiro atoms. The van der Waals surface area contributed by atoms with Gasteiger partial charge < -0.3 is 13.7 Å². The minimum Gasteiger partial charge on any atom is -0.456 e. The van der Waals surface area contributed by atoms with E-state index in [0.29, 0.717) is 0 Å². The monoisotopic (exact) mass is 803 g/mol. The van der Waals surface area contributed by atoms with E-state index in [1.165, 1.54) is 43.4 Å². The predicted octanol–water partition coefficient (Wildman–Crippen LogP) is 17.4. The third kappa shape index (κ3) is 5.67. The molecule has 13 rings (SSSR count). The van der Waals surface area contributed by atoms with Crippen LogP contribution in [-0.2, 0) is 0 Å². The first-order chi connectivity index (χ1) is 31.2. The highest BCUT2D eigenvalue weighted by Gasteiger charge is 2.20. The highest BCUT2D eigenvalue weighted by molar-refractivity contribution is 6.15. The van der Waals surface area contributed by atoms with E-state index in [1.807, 2.05) is 24.3 Å². The number of furan rings is 2. The zero-order valence-electron chi connectivity index (χ0n) is 34.1. The summed E-state index contributed by atoms with van der Waals surface area (Å²) >= 11 is 0. The van der Waals surface area contributed by atoms with Crippen molar-refractivity contribution in [3.63, 3.8) is 0 Å². The first-order valence-corrected chi connectivity index (χ1v) is 21.5. The van der Waals surface area contributed by atoms with E-state index >= 15 is 0 Å². The molecule has 0 N–H and O–H groups in total. The van der Waals surface area contributed by atoms with Crippen LogP contribution in [-0.4, -0.2) is 0 Å². The highest BCUT2D eigenvalue weighted by atomic mass is 16.3. The number of benzene rings is 11. The van der Waals surface area contributed by atoms with Crippen LogP contribution in [0.25, 0.3) is 110 Å². The van der Waals surface area contributed by atoms with Crippen LogP contribution < -0.4 is 4.90 Å². The molecule has 3 nitrogen and oxygen atoms in total. The summed E-state index contributed by atoms with van der Waals surface area (Å²) < 4.78 is 12.9.